The molecule has 1 saturated carbocycles. The molecule has 2 fully saturated rings. The molecule has 1 amide bonds. The van der Waals surface area contributed by atoms with Crippen LogP contribution in [0.25, 0.3) is 0 Å². The number of carbonyl (C=O) groups is 1. The van der Waals surface area contributed by atoms with Crippen LogP contribution in [0.2, 0.25) is 0 Å². The van der Waals surface area contributed by atoms with E-state index in [9.17, 15) is 4.79 Å². The second-order valence-corrected chi connectivity index (χ2v) is 7.25. The van der Waals surface area contributed by atoms with E-state index in [1.807, 2.05) is 6.07 Å². The molecule has 1 N–H and O–H groups in total. The smallest absolute Gasteiger partial charge is 0.234 e. The fourth-order valence-corrected chi connectivity index (χ4v) is 3.80. The minimum atomic E-state index is 0.172. The molecule has 0 spiro atoms. The van der Waals surface area contributed by atoms with E-state index in [2.05, 4.69) is 38.9 Å². The van der Waals surface area contributed by atoms with Gasteiger partial charge in [-0.25, -0.2) is 9.97 Å². The molecule has 0 bridgehead atoms. The molecule has 2 heterocycles. The lowest BCUT2D eigenvalue weighted by Crippen LogP contribution is -2.52. The van der Waals surface area contributed by atoms with E-state index < -0.39 is 0 Å². The van der Waals surface area contributed by atoms with Crippen LogP contribution in [-0.4, -0.2) is 59.5 Å². The molecule has 0 unspecified atom stereocenters. The molecule has 0 radical (unpaired) electrons. The lowest BCUT2D eigenvalue weighted by Gasteiger charge is -2.36. The highest BCUT2D eigenvalue weighted by Gasteiger charge is 2.29. The van der Waals surface area contributed by atoms with Gasteiger partial charge in [-0.1, -0.05) is 26.7 Å². The summed E-state index contributed by atoms with van der Waals surface area (Å²) in [7, 11) is 0. The highest BCUT2D eigenvalue weighted by molar-refractivity contribution is 5.78. The van der Waals surface area contributed by atoms with E-state index in [-0.39, 0.29) is 5.91 Å². The average Bonchev–Trinajstić information content (AvgIpc) is 2.60. The average molecular weight is 331 g/mol. The maximum Gasteiger partial charge on any atom is 0.234 e. The number of rotatable bonds is 4. The summed E-state index contributed by atoms with van der Waals surface area (Å²) in [4.78, 5) is 25.4. The Bertz CT molecular complexity index is 529. The Morgan fingerprint density at radius 3 is 2.58 bits per heavy atom. The first-order valence-corrected chi connectivity index (χ1v) is 9.17. The second-order valence-electron chi connectivity index (χ2n) is 7.25. The van der Waals surface area contributed by atoms with Crippen molar-refractivity contribution in [3.8, 4) is 0 Å². The molecule has 1 aromatic heterocycles. The standard InChI is InChI=1S/C18H29N5O/c1-14-5-3-6-16(15(14)2)21-17(24)13-22-9-11-23(12-10-22)18-19-7-4-8-20-18/h4,7-8,14-16H,3,5-6,9-13H2,1-2H3,(H,21,24)/t14-,15+,16-/m0/s1. The molecule has 3 atom stereocenters. The summed E-state index contributed by atoms with van der Waals surface area (Å²) in [5.74, 6) is 2.24. The highest BCUT2D eigenvalue weighted by atomic mass is 16.2. The summed E-state index contributed by atoms with van der Waals surface area (Å²) in [6, 6.07) is 2.18. The Labute approximate surface area is 144 Å². The van der Waals surface area contributed by atoms with Gasteiger partial charge < -0.3 is 10.2 Å². The third kappa shape index (κ3) is 4.23. The van der Waals surface area contributed by atoms with E-state index in [4.69, 9.17) is 0 Å². The normalized spacial score (nSPS) is 28.6. The van der Waals surface area contributed by atoms with Crippen molar-refractivity contribution in [2.24, 2.45) is 11.8 Å². The predicted molar refractivity (Wildman–Crippen MR) is 94.8 cm³/mol. The van der Waals surface area contributed by atoms with Crippen LogP contribution in [0.5, 0.6) is 0 Å². The maximum absolute atomic E-state index is 12.4. The van der Waals surface area contributed by atoms with Crippen molar-refractivity contribution in [3.05, 3.63) is 18.5 Å². The van der Waals surface area contributed by atoms with Crippen molar-refractivity contribution in [2.75, 3.05) is 37.6 Å². The van der Waals surface area contributed by atoms with Gasteiger partial charge in [0.15, 0.2) is 0 Å². The van der Waals surface area contributed by atoms with Gasteiger partial charge >= 0.3 is 0 Å². The van der Waals surface area contributed by atoms with Crippen molar-refractivity contribution in [1.82, 2.24) is 20.2 Å². The Kier molecular flexibility index (Phi) is 5.66. The van der Waals surface area contributed by atoms with Crippen LogP contribution in [-0.2, 0) is 4.79 Å². The zero-order valence-corrected chi connectivity index (χ0v) is 14.8. The van der Waals surface area contributed by atoms with Crippen LogP contribution in [0.4, 0.5) is 5.95 Å². The van der Waals surface area contributed by atoms with Crippen LogP contribution in [0.15, 0.2) is 18.5 Å². The van der Waals surface area contributed by atoms with Gasteiger partial charge in [0.2, 0.25) is 11.9 Å². The molecule has 1 aromatic rings. The van der Waals surface area contributed by atoms with Gasteiger partial charge in [-0.15, -0.1) is 0 Å². The number of hydrogen-bond donors (Lipinski definition) is 1. The Hall–Kier alpha value is -1.69. The number of carbonyl (C=O) groups excluding carboxylic acids is 1. The molecule has 1 saturated heterocycles. The second kappa shape index (κ2) is 7.92. The molecule has 1 aliphatic heterocycles. The predicted octanol–water partition coefficient (Wildman–Crippen LogP) is 1.54. The molecule has 0 aromatic carbocycles. The SMILES string of the molecule is C[C@H]1[C@@H](NC(=O)CN2CCN(c3ncccn3)CC2)CCC[C@@H]1C. The van der Waals surface area contributed by atoms with Crippen molar-refractivity contribution in [3.63, 3.8) is 0 Å². The first-order valence-electron chi connectivity index (χ1n) is 9.17. The molecule has 24 heavy (non-hydrogen) atoms. The Balaban J connectivity index is 1.43. The number of amides is 1. The number of aromatic nitrogens is 2. The molecular formula is C18H29N5O. The number of hydrogen-bond acceptors (Lipinski definition) is 5. The van der Waals surface area contributed by atoms with Crippen LogP contribution in [0, 0.1) is 11.8 Å². The van der Waals surface area contributed by atoms with Gasteiger partial charge in [-0.2, -0.15) is 0 Å². The topological polar surface area (TPSA) is 61.4 Å². The third-order valence-corrected chi connectivity index (χ3v) is 5.63. The first-order chi connectivity index (χ1) is 11.6. The number of anilines is 1. The Morgan fingerprint density at radius 1 is 1.17 bits per heavy atom. The highest BCUT2D eigenvalue weighted by Crippen LogP contribution is 2.29. The van der Waals surface area contributed by atoms with Gasteiger partial charge in [0.05, 0.1) is 6.54 Å². The number of nitrogens with zero attached hydrogens (tertiary/aromatic N) is 4. The lowest BCUT2D eigenvalue weighted by molar-refractivity contribution is -0.123. The molecule has 1 aliphatic carbocycles. The van der Waals surface area contributed by atoms with E-state index in [1.165, 1.54) is 12.8 Å². The zero-order chi connectivity index (χ0) is 16.9. The van der Waals surface area contributed by atoms with E-state index in [1.54, 1.807) is 12.4 Å². The van der Waals surface area contributed by atoms with Crippen LogP contribution in [0.1, 0.15) is 33.1 Å². The van der Waals surface area contributed by atoms with Gasteiger partial charge in [-0.3, -0.25) is 9.69 Å². The van der Waals surface area contributed by atoms with E-state index in [0.29, 0.717) is 24.4 Å². The van der Waals surface area contributed by atoms with Crippen molar-refractivity contribution < 1.29 is 4.79 Å². The minimum Gasteiger partial charge on any atom is -0.352 e. The summed E-state index contributed by atoms with van der Waals surface area (Å²) in [5, 5.41) is 3.27. The van der Waals surface area contributed by atoms with E-state index in [0.717, 1.165) is 38.5 Å². The van der Waals surface area contributed by atoms with Crippen molar-refractivity contribution in [2.45, 2.75) is 39.2 Å². The number of piperazine rings is 1. The fourth-order valence-electron chi connectivity index (χ4n) is 3.80. The molecule has 6 heteroatoms. The van der Waals surface area contributed by atoms with Crippen LogP contribution < -0.4 is 10.2 Å². The largest absolute Gasteiger partial charge is 0.352 e. The minimum absolute atomic E-state index is 0.172. The summed E-state index contributed by atoms with van der Waals surface area (Å²) < 4.78 is 0. The van der Waals surface area contributed by atoms with E-state index >= 15 is 0 Å². The quantitative estimate of drug-likeness (QED) is 0.907. The monoisotopic (exact) mass is 331 g/mol. The van der Waals surface area contributed by atoms with Gasteiger partial charge in [0.1, 0.15) is 0 Å². The van der Waals surface area contributed by atoms with Gasteiger partial charge in [0, 0.05) is 44.6 Å². The molecular weight excluding hydrogens is 302 g/mol. The summed E-state index contributed by atoms with van der Waals surface area (Å²) in [5.41, 5.74) is 0. The Morgan fingerprint density at radius 2 is 1.88 bits per heavy atom. The van der Waals surface area contributed by atoms with Crippen molar-refractivity contribution in [1.29, 1.82) is 0 Å². The van der Waals surface area contributed by atoms with Crippen molar-refractivity contribution >= 4 is 11.9 Å². The molecule has 3 rings (SSSR count). The molecule has 2 aliphatic rings. The fraction of sp³-hybridized carbons (Fsp3) is 0.722. The number of nitrogens with one attached hydrogen (secondary N) is 1. The van der Waals surface area contributed by atoms with Crippen LogP contribution >= 0.6 is 0 Å². The maximum atomic E-state index is 12.4. The summed E-state index contributed by atoms with van der Waals surface area (Å²) in [6.45, 7) is 8.56. The van der Waals surface area contributed by atoms with Gasteiger partial charge in [0.25, 0.3) is 0 Å². The van der Waals surface area contributed by atoms with Crippen LogP contribution in [0.3, 0.4) is 0 Å². The molecule has 6 nitrogen and oxygen atoms in total. The first kappa shape index (κ1) is 17.1. The lowest BCUT2D eigenvalue weighted by atomic mass is 9.78. The summed E-state index contributed by atoms with van der Waals surface area (Å²) in [6.07, 6.45) is 7.18. The third-order valence-electron chi connectivity index (χ3n) is 5.63. The van der Waals surface area contributed by atoms with Gasteiger partial charge in [-0.05, 0) is 24.3 Å². The molecule has 132 valence electrons. The summed E-state index contributed by atoms with van der Waals surface area (Å²) >= 11 is 0. The zero-order valence-electron chi connectivity index (χ0n) is 14.8.